The monoisotopic (exact) mass is 1370 g/mol. The molecule has 0 atom stereocenters. The summed E-state index contributed by atoms with van der Waals surface area (Å²) in [6.07, 6.45) is 5.67. The number of nitrogens with zero attached hydrogens (tertiary/aromatic N) is 6. The maximum Gasteiger partial charge on any atom is 0.306 e. The first-order valence-corrected chi connectivity index (χ1v) is 30.5. The fourth-order valence-electron chi connectivity index (χ4n) is 9.22. The van der Waals surface area contributed by atoms with Gasteiger partial charge in [0, 0.05) is 62.4 Å². The molecule has 0 aliphatic heterocycles. The van der Waals surface area contributed by atoms with Gasteiger partial charge < -0.3 is 66.2 Å². The number of rotatable bonds is 29. The van der Waals surface area contributed by atoms with E-state index in [-0.39, 0.29) is 93.3 Å². The molecular weight excluding hydrogens is 1270 g/mol. The molecule has 25 nitrogen and oxygen atoms in total. The molecule has 4 heterocycles. The highest BCUT2D eigenvalue weighted by Crippen LogP contribution is 2.33. The number of aliphatic hydroxyl groups is 2. The van der Waals surface area contributed by atoms with Gasteiger partial charge in [-0.1, -0.05) is 63.1 Å². The van der Waals surface area contributed by atoms with Crippen molar-refractivity contribution in [3.05, 3.63) is 60.2 Å². The Morgan fingerprint density at radius 3 is 1.33 bits per heavy atom. The molecule has 0 saturated carbocycles. The summed E-state index contributed by atoms with van der Waals surface area (Å²) in [6, 6.07) is 15.6. The molecule has 0 spiro atoms. The van der Waals surface area contributed by atoms with Crippen molar-refractivity contribution >= 4 is 127 Å². The van der Waals surface area contributed by atoms with Gasteiger partial charge in [0.2, 0.25) is 29.5 Å². The molecule has 0 bridgehead atoms. The lowest BCUT2D eigenvalue weighted by atomic mass is 10.1. The van der Waals surface area contributed by atoms with Crippen molar-refractivity contribution in [3.63, 3.8) is 0 Å². The van der Waals surface area contributed by atoms with Crippen LogP contribution in [0.3, 0.4) is 0 Å². The number of nitrogens with one attached hydrogen (secondary N) is 5. The van der Waals surface area contributed by atoms with Crippen LogP contribution in [0.4, 0.5) is 11.6 Å². The number of pyridine rings is 2. The van der Waals surface area contributed by atoms with Crippen LogP contribution < -0.4 is 32.3 Å². The first kappa shape index (κ1) is 76.7. The molecule has 0 aliphatic carbocycles. The molecule has 6 rings (SSSR count). The molecular formula is C64H95IN12O13. The van der Waals surface area contributed by atoms with Gasteiger partial charge in [-0.2, -0.15) is 0 Å². The summed E-state index contributed by atoms with van der Waals surface area (Å²) in [5.74, 6) is -0.803. The van der Waals surface area contributed by atoms with Gasteiger partial charge in [-0.05, 0) is 107 Å². The quantitative estimate of drug-likeness (QED) is 0.0122. The van der Waals surface area contributed by atoms with Gasteiger partial charge in [-0.15, -0.1) is 24.0 Å². The van der Waals surface area contributed by atoms with Gasteiger partial charge in [0.25, 0.3) is 0 Å². The molecule has 2 aromatic carbocycles. The van der Waals surface area contributed by atoms with Crippen molar-refractivity contribution in [1.29, 1.82) is 0 Å². The minimum absolute atomic E-state index is 0. The molecule has 26 heteroatoms. The Bertz CT molecular complexity index is 3410. The molecule has 496 valence electrons. The third kappa shape index (κ3) is 27.3. The van der Waals surface area contributed by atoms with Crippen molar-refractivity contribution in [1.82, 2.24) is 50.3 Å². The van der Waals surface area contributed by atoms with Crippen molar-refractivity contribution in [2.75, 3.05) is 37.2 Å². The number of carboxylic acid groups (broad SMARTS) is 1. The zero-order valence-electron chi connectivity index (χ0n) is 54.4. The Morgan fingerprint density at radius 2 is 0.911 bits per heavy atom. The van der Waals surface area contributed by atoms with Crippen molar-refractivity contribution in [2.24, 2.45) is 0 Å². The molecule has 0 aliphatic rings. The number of benzene rings is 2. The van der Waals surface area contributed by atoms with Crippen LogP contribution in [-0.4, -0.2) is 140 Å². The Hall–Kier alpha value is -7.59. The summed E-state index contributed by atoms with van der Waals surface area (Å²) in [7, 11) is 0. The number of nitrogen functional groups attached to an aromatic ring is 1. The number of anilines is 2. The average Bonchev–Trinajstić information content (AvgIpc) is 1.70. The van der Waals surface area contributed by atoms with Crippen LogP contribution in [0, 0.1) is 0 Å². The van der Waals surface area contributed by atoms with Crippen LogP contribution in [0.25, 0.3) is 43.9 Å². The number of carbonyl (C=O) groups is 8. The summed E-state index contributed by atoms with van der Waals surface area (Å²) in [5, 5.41) is 44.4. The first-order chi connectivity index (χ1) is 41.7. The smallest absolute Gasteiger partial charge is 0.306 e. The number of hydrogen-bond donors (Lipinski definition) is 9. The Labute approximate surface area is 543 Å². The third-order valence-corrected chi connectivity index (χ3v) is 13.0. The van der Waals surface area contributed by atoms with Gasteiger partial charge in [-0.25, -0.2) is 19.9 Å². The number of aromatic nitrogens is 6. The fraction of sp³-hybridized carbons (Fsp3) is 0.562. The van der Waals surface area contributed by atoms with Crippen LogP contribution in [0.1, 0.15) is 172 Å². The highest BCUT2D eigenvalue weighted by Gasteiger charge is 2.25. The van der Waals surface area contributed by atoms with E-state index >= 15 is 0 Å². The normalized spacial score (nSPS) is 11.6. The van der Waals surface area contributed by atoms with E-state index in [9.17, 15) is 48.6 Å². The molecule has 6 aromatic rings. The topological polar surface area (TPSA) is 363 Å². The highest BCUT2D eigenvalue weighted by atomic mass is 127. The highest BCUT2D eigenvalue weighted by molar-refractivity contribution is 14.0. The summed E-state index contributed by atoms with van der Waals surface area (Å²) in [6.45, 7) is 23.0. The predicted octanol–water partition coefficient (Wildman–Crippen LogP) is 7.87. The van der Waals surface area contributed by atoms with Crippen LogP contribution in [0.5, 0.6) is 0 Å². The summed E-state index contributed by atoms with van der Waals surface area (Å²) in [4.78, 5) is 112. The van der Waals surface area contributed by atoms with Gasteiger partial charge in [0.1, 0.15) is 33.9 Å². The van der Waals surface area contributed by atoms with Crippen LogP contribution in [0.15, 0.2) is 48.5 Å². The van der Waals surface area contributed by atoms with Gasteiger partial charge in [0.15, 0.2) is 11.6 Å². The van der Waals surface area contributed by atoms with Gasteiger partial charge in [-0.3, -0.25) is 38.4 Å². The number of ether oxygens (including phenoxy) is 2. The number of para-hydroxylation sites is 2. The number of aliphatic carboxylic acids is 1. The van der Waals surface area contributed by atoms with E-state index in [1.807, 2.05) is 66.9 Å². The van der Waals surface area contributed by atoms with E-state index in [2.05, 4.69) is 41.1 Å². The second kappa shape index (κ2) is 35.7. The van der Waals surface area contributed by atoms with E-state index in [0.29, 0.717) is 75.4 Å². The van der Waals surface area contributed by atoms with Crippen molar-refractivity contribution in [2.45, 2.75) is 208 Å². The minimum atomic E-state index is -0.956. The SMILES string of the molecule is CC(C)(C)OC(=O)CCC(=O)NCC(=O)NCCCCCC(=O)O.CCc1nc2c(N)nc3ccccc3c2n1CC(C)(C)O.CCc1nc2c(NC(=O)CCCCCNC(=O)CNC(=O)CCC(=O)OC(C)(C)C)nc3ccccc3c2n1CC(C)(C)O.I. The number of unbranched alkanes of at least 4 members (excludes halogenated alkanes) is 4. The molecule has 0 saturated heterocycles. The van der Waals surface area contributed by atoms with Crippen LogP contribution in [0.2, 0.25) is 0 Å². The van der Waals surface area contributed by atoms with E-state index in [4.69, 9.17) is 30.3 Å². The van der Waals surface area contributed by atoms with E-state index < -0.39 is 52.1 Å². The third-order valence-electron chi connectivity index (χ3n) is 13.0. The molecule has 0 unspecified atom stereocenters. The molecule has 4 aromatic heterocycles. The molecule has 0 radical (unpaired) electrons. The number of fused-ring (bicyclic) bond motifs is 6. The number of halogens is 1. The Morgan fingerprint density at radius 1 is 0.500 bits per heavy atom. The summed E-state index contributed by atoms with van der Waals surface area (Å²) >= 11 is 0. The Kier molecular flexibility index (Phi) is 30.4. The maximum absolute atomic E-state index is 12.9. The predicted molar refractivity (Wildman–Crippen MR) is 357 cm³/mol. The summed E-state index contributed by atoms with van der Waals surface area (Å²) < 4.78 is 14.3. The van der Waals surface area contributed by atoms with Crippen LogP contribution in [-0.2, 0) is 73.8 Å². The number of hydrogen-bond acceptors (Lipinski definition) is 17. The number of carbonyl (C=O) groups excluding carboxylic acids is 7. The lowest BCUT2D eigenvalue weighted by Crippen LogP contribution is -2.37. The lowest BCUT2D eigenvalue weighted by molar-refractivity contribution is -0.156. The minimum Gasteiger partial charge on any atom is -0.481 e. The van der Waals surface area contributed by atoms with Crippen LogP contribution >= 0.6 is 24.0 Å². The molecule has 0 fully saturated rings. The lowest BCUT2D eigenvalue weighted by Gasteiger charge is -2.20. The number of imidazole rings is 2. The number of esters is 2. The molecule has 90 heavy (non-hydrogen) atoms. The number of amides is 5. The number of carboxylic acids is 1. The standard InChI is InChI=1S/C32H46N6O6.C16H20N4O.C16H28N2O6.HI/c1-7-23-36-28-29(38(23)20-32(5,6)43)21-13-10-11-14-22(21)35-30(28)37-25(40)15-9-8-12-18-33-26(41)19-34-24(39)16-17-27(42)44-31(2,3)4;1-4-12-19-13-14(20(12)9-16(2,3)21)10-7-5-6-8-11(10)18-15(13)17;1-16(2,3)24-15(23)9-8-12(19)18-11-13(20)17-10-6-4-5-7-14(21)22;/h10-11,13-14,43H,7-9,12,15-20H2,1-6H3,(H,33,41)(H,34,39)(H,35,37,40);5-8,21H,4,9H2,1-3H3,(H2,17,18);4-11H2,1-3H3,(H,17,20)(H,18,19)(H,21,22);1H. The first-order valence-electron chi connectivity index (χ1n) is 30.5. The molecule has 5 amide bonds. The van der Waals surface area contributed by atoms with Crippen molar-refractivity contribution < 1.29 is 63.1 Å². The summed E-state index contributed by atoms with van der Waals surface area (Å²) in [5.41, 5.74) is 7.78. The zero-order chi connectivity index (χ0) is 66.3. The van der Waals surface area contributed by atoms with Gasteiger partial charge in [0.05, 0.1) is 72.3 Å². The van der Waals surface area contributed by atoms with Gasteiger partial charge >= 0.3 is 17.9 Å². The fourth-order valence-corrected chi connectivity index (χ4v) is 9.22. The molecule has 10 N–H and O–H groups in total. The van der Waals surface area contributed by atoms with E-state index in [1.54, 1.807) is 69.2 Å². The second-order valence-corrected chi connectivity index (χ2v) is 24.9. The average molecular weight is 1370 g/mol. The van der Waals surface area contributed by atoms with E-state index in [1.165, 1.54) is 0 Å². The zero-order valence-corrected chi connectivity index (χ0v) is 56.7. The second-order valence-electron chi connectivity index (χ2n) is 24.9. The number of nitrogens with two attached hydrogens (primary N) is 1. The van der Waals surface area contributed by atoms with Crippen molar-refractivity contribution in [3.8, 4) is 0 Å². The maximum atomic E-state index is 12.9. The Balaban J connectivity index is 0.000000387. The largest absolute Gasteiger partial charge is 0.481 e. The van der Waals surface area contributed by atoms with E-state index in [0.717, 1.165) is 69.3 Å². The number of aryl methyl sites for hydroxylation is 2.